The molecule has 140 valence electrons. The molecule has 2 amide bonds. The molecular formula is C16H17F3N4O2S. The van der Waals surface area contributed by atoms with E-state index in [0.717, 1.165) is 28.6 Å². The van der Waals surface area contributed by atoms with Crippen LogP contribution in [0.25, 0.3) is 0 Å². The maximum Gasteiger partial charge on any atom is 0.418 e. The average Bonchev–Trinajstić information content (AvgIpc) is 3.04. The van der Waals surface area contributed by atoms with Crippen molar-refractivity contribution in [3.05, 3.63) is 40.9 Å². The van der Waals surface area contributed by atoms with Gasteiger partial charge >= 0.3 is 6.18 Å². The van der Waals surface area contributed by atoms with Gasteiger partial charge in [-0.05, 0) is 44.4 Å². The van der Waals surface area contributed by atoms with E-state index in [4.69, 9.17) is 0 Å². The molecule has 10 heteroatoms. The van der Waals surface area contributed by atoms with Crippen LogP contribution in [0.2, 0.25) is 0 Å². The summed E-state index contributed by atoms with van der Waals surface area (Å²) in [5, 5.41) is 7.54. The van der Waals surface area contributed by atoms with Crippen LogP contribution in [0.4, 0.5) is 18.9 Å². The van der Waals surface area contributed by atoms with Crippen LogP contribution in [0.1, 0.15) is 36.8 Å². The molecule has 2 aromatic rings. The van der Waals surface area contributed by atoms with Crippen LogP contribution in [0.5, 0.6) is 0 Å². The lowest BCUT2D eigenvalue weighted by atomic mass is 10.1. The largest absolute Gasteiger partial charge is 0.418 e. The van der Waals surface area contributed by atoms with Gasteiger partial charge in [-0.25, -0.2) is 0 Å². The maximum absolute atomic E-state index is 13.4. The summed E-state index contributed by atoms with van der Waals surface area (Å²) in [6.07, 6.45) is -4.68. The van der Waals surface area contributed by atoms with Gasteiger partial charge in [-0.3, -0.25) is 14.5 Å². The lowest BCUT2D eigenvalue weighted by Crippen LogP contribution is -2.48. The van der Waals surface area contributed by atoms with Gasteiger partial charge in [0.05, 0.1) is 11.3 Å². The highest BCUT2D eigenvalue weighted by atomic mass is 32.1. The molecule has 0 aliphatic rings. The molecular weight excluding hydrogens is 369 g/mol. The van der Waals surface area contributed by atoms with Crippen molar-refractivity contribution in [1.82, 2.24) is 14.9 Å². The normalized spacial score (nSPS) is 11.9. The van der Waals surface area contributed by atoms with Crippen LogP contribution in [-0.4, -0.2) is 33.5 Å². The third-order valence-electron chi connectivity index (χ3n) is 3.14. The first-order valence-electron chi connectivity index (χ1n) is 7.55. The predicted octanol–water partition coefficient (Wildman–Crippen LogP) is 3.12. The lowest BCUT2D eigenvalue weighted by Gasteiger charge is -2.27. The second-order valence-corrected chi connectivity index (χ2v) is 7.10. The van der Waals surface area contributed by atoms with E-state index in [9.17, 15) is 22.8 Å². The van der Waals surface area contributed by atoms with Crippen LogP contribution >= 0.6 is 11.5 Å². The number of amides is 2. The zero-order chi connectivity index (χ0) is 19.5. The molecule has 1 heterocycles. The average molecular weight is 386 g/mol. The molecule has 0 saturated carbocycles. The van der Waals surface area contributed by atoms with Gasteiger partial charge in [0.25, 0.3) is 5.91 Å². The number of carbonyl (C=O) groups is 2. The molecule has 0 aliphatic carbocycles. The monoisotopic (exact) mass is 386 g/mol. The molecule has 6 nitrogen and oxygen atoms in total. The summed E-state index contributed by atoms with van der Waals surface area (Å²) in [5.41, 5.74) is -2.16. The Labute approximate surface area is 152 Å². The van der Waals surface area contributed by atoms with Gasteiger partial charge in [-0.1, -0.05) is 16.6 Å². The molecule has 0 spiro atoms. The molecule has 0 atom stereocenters. The van der Waals surface area contributed by atoms with Crippen molar-refractivity contribution in [2.75, 3.05) is 11.4 Å². The molecule has 0 radical (unpaired) electrons. The Morgan fingerprint density at radius 2 is 1.85 bits per heavy atom. The molecule has 0 aliphatic heterocycles. The summed E-state index contributed by atoms with van der Waals surface area (Å²) in [6.45, 7) is 4.60. The highest BCUT2D eigenvalue weighted by Crippen LogP contribution is 2.36. The van der Waals surface area contributed by atoms with Crippen LogP contribution in [0, 0.1) is 0 Å². The third kappa shape index (κ3) is 5.01. The van der Waals surface area contributed by atoms with Crippen molar-refractivity contribution in [3.8, 4) is 0 Å². The Morgan fingerprint density at radius 1 is 1.19 bits per heavy atom. The number of carbonyl (C=O) groups excluding carboxylic acids is 2. The van der Waals surface area contributed by atoms with E-state index in [2.05, 4.69) is 14.9 Å². The number of alkyl halides is 3. The van der Waals surface area contributed by atoms with E-state index in [1.165, 1.54) is 17.5 Å². The molecule has 1 aromatic carbocycles. The molecule has 0 bridgehead atoms. The van der Waals surface area contributed by atoms with E-state index >= 15 is 0 Å². The first-order valence-corrected chi connectivity index (χ1v) is 8.39. The number of aromatic nitrogens is 2. The summed E-state index contributed by atoms with van der Waals surface area (Å²) >= 11 is 0.888. The number of nitrogens with zero attached hydrogens (tertiary/aromatic N) is 3. The molecule has 0 saturated heterocycles. The Morgan fingerprint density at radius 3 is 2.38 bits per heavy atom. The van der Waals surface area contributed by atoms with Gasteiger partial charge in [0, 0.05) is 10.9 Å². The van der Waals surface area contributed by atoms with Crippen molar-refractivity contribution in [3.63, 3.8) is 0 Å². The number of benzene rings is 1. The van der Waals surface area contributed by atoms with Gasteiger partial charge in [-0.15, -0.1) is 5.10 Å². The summed E-state index contributed by atoms with van der Waals surface area (Å²) in [4.78, 5) is 25.7. The van der Waals surface area contributed by atoms with E-state index in [-0.39, 0.29) is 5.69 Å². The molecule has 2 rings (SSSR count). The van der Waals surface area contributed by atoms with Gasteiger partial charge < -0.3 is 5.32 Å². The van der Waals surface area contributed by atoms with E-state index < -0.39 is 41.3 Å². The fraction of sp³-hybridized carbons (Fsp3) is 0.375. The Bertz CT molecular complexity index is 786. The van der Waals surface area contributed by atoms with Gasteiger partial charge in [-0.2, -0.15) is 13.2 Å². The highest BCUT2D eigenvalue weighted by molar-refractivity contribution is 7.03. The van der Waals surface area contributed by atoms with Crippen LogP contribution in [0.3, 0.4) is 0 Å². The van der Waals surface area contributed by atoms with Crippen molar-refractivity contribution in [1.29, 1.82) is 0 Å². The van der Waals surface area contributed by atoms with Crippen molar-refractivity contribution < 1.29 is 22.8 Å². The number of hydrogen-bond donors (Lipinski definition) is 1. The quantitative estimate of drug-likeness (QED) is 0.876. The summed E-state index contributed by atoms with van der Waals surface area (Å²) < 4.78 is 43.6. The second kappa shape index (κ2) is 7.40. The Kier molecular flexibility index (Phi) is 5.65. The summed E-state index contributed by atoms with van der Waals surface area (Å²) in [6, 6.07) is 4.59. The summed E-state index contributed by atoms with van der Waals surface area (Å²) in [5.74, 6) is -1.43. The smallest absolute Gasteiger partial charge is 0.350 e. The number of para-hydroxylation sites is 1. The van der Waals surface area contributed by atoms with E-state index in [0.29, 0.717) is 0 Å². The molecule has 1 aromatic heterocycles. The lowest BCUT2D eigenvalue weighted by molar-refractivity contribution is -0.137. The molecule has 26 heavy (non-hydrogen) atoms. The topological polar surface area (TPSA) is 75.2 Å². The molecule has 0 fully saturated rings. The maximum atomic E-state index is 13.4. The zero-order valence-electron chi connectivity index (χ0n) is 14.3. The van der Waals surface area contributed by atoms with E-state index in [1.54, 1.807) is 20.8 Å². The Hall–Kier alpha value is -2.49. The fourth-order valence-electron chi connectivity index (χ4n) is 2.21. The van der Waals surface area contributed by atoms with Crippen molar-refractivity contribution in [2.24, 2.45) is 0 Å². The van der Waals surface area contributed by atoms with Crippen LogP contribution in [0.15, 0.2) is 29.6 Å². The minimum atomic E-state index is -4.68. The number of rotatable bonds is 4. The van der Waals surface area contributed by atoms with Crippen molar-refractivity contribution >= 4 is 29.0 Å². The molecule has 1 N–H and O–H groups in total. The number of hydrogen-bond acceptors (Lipinski definition) is 5. The van der Waals surface area contributed by atoms with Crippen LogP contribution in [-0.2, 0) is 11.0 Å². The SMILES string of the molecule is CC(C)(C)NC(=O)CN(C(=O)c1csnn1)c1ccccc1C(F)(F)F. The second-order valence-electron chi connectivity index (χ2n) is 6.49. The van der Waals surface area contributed by atoms with Crippen molar-refractivity contribution in [2.45, 2.75) is 32.5 Å². The first-order chi connectivity index (χ1) is 12.0. The number of anilines is 1. The first kappa shape index (κ1) is 19.8. The standard InChI is InChI=1S/C16H17F3N4O2S/c1-15(2,3)20-13(24)8-23(14(25)11-9-26-22-21-11)12-7-5-4-6-10(12)16(17,18)19/h4-7,9H,8H2,1-3H3,(H,20,24). The number of nitrogens with one attached hydrogen (secondary N) is 1. The number of halogens is 3. The summed E-state index contributed by atoms with van der Waals surface area (Å²) in [7, 11) is 0. The molecule has 0 unspecified atom stereocenters. The van der Waals surface area contributed by atoms with E-state index in [1.807, 2.05) is 0 Å². The fourth-order valence-corrected chi connectivity index (χ4v) is 2.64. The minimum absolute atomic E-state index is 0.129. The minimum Gasteiger partial charge on any atom is -0.350 e. The van der Waals surface area contributed by atoms with Gasteiger partial charge in [0.15, 0.2) is 5.69 Å². The van der Waals surface area contributed by atoms with Crippen LogP contribution < -0.4 is 10.2 Å². The predicted molar refractivity (Wildman–Crippen MR) is 90.9 cm³/mol. The highest BCUT2D eigenvalue weighted by Gasteiger charge is 2.37. The zero-order valence-corrected chi connectivity index (χ0v) is 15.1. The van der Waals surface area contributed by atoms with Gasteiger partial charge in [0.2, 0.25) is 5.91 Å². The third-order valence-corrected chi connectivity index (χ3v) is 3.65. The van der Waals surface area contributed by atoms with Gasteiger partial charge in [0.1, 0.15) is 6.54 Å². The Balaban J connectivity index is 2.45.